The molecule has 1 aromatic carbocycles. The molecule has 1 unspecified atom stereocenters. The molecule has 0 radical (unpaired) electrons. The van der Waals surface area contributed by atoms with Crippen LogP contribution in [0.5, 0.6) is 0 Å². The molecule has 0 fully saturated rings. The second-order valence-electron chi connectivity index (χ2n) is 3.56. The van der Waals surface area contributed by atoms with Crippen LogP contribution < -0.4 is 5.56 Å². The van der Waals surface area contributed by atoms with Crippen LogP contribution in [-0.2, 0) is 6.54 Å². The van der Waals surface area contributed by atoms with Crippen molar-refractivity contribution in [2.75, 3.05) is 6.61 Å². The highest BCUT2D eigenvalue weighted by Gasteiger charge is 2.07. The zero-order valence-electron chi connectivity index (χ0n) is 8.98. The first-order chi connectivity index (χ1) is 7.72. The predicted octanol–water partition coefficient (Wildman–Crippen LogP) is 0.171. The molecule has 5 nitrogen and oxygen atoms in total. The summed E-state index contributed by atoms with van der Waals surface area (Å²) in [6.07, 6.45) is 0.435. The summed E-state index contributed by atoms with van der Waals surface area (Å²) in [7, 11) is 0. The van der Waals surface area contributed by atoms with E-state index < -0.39 is 6.10 Å². The van der Waals surface area contributed by atoms with E-state index in [-0.39, 0.29) is 31.1 Å². The minimum absolute atomic E-state index is 0. The lowest BCUT2D eigenvalue weighted by Crippen LogP contribution is -2.28. The number of fused-ring (bicyclic) bond motifs is 1. The molecule has 0 saturated heterocycles. The Labute approximate surface area is 104 Å². The zero-order valence-corrected chi connectivity index (χ0v) is 9.80. The van der Waals surface area contributed by atoms with Gasteiger partial charge in [0.05, 0.1) is 36.5 Å². The van der Waals surface area contributed by atoms with Gasteiger partial charge in [-0.1, -0.05) is 12.1 Å². The first kappa shape index (κ1) is 13.6. The third-order valence-electron chi connectivity index (χ3n) is 2.35. The fourth-order valence-corrected chi connectivity index (χ4v) is 1.52. The third kappa shape index (κ3) is 2.82. The van der Waals surface area contributed by atoms with Gasteiger partial charge >= 0.3 is 0 Å². The van der Waals surface area contributed by atoms with Crippen molar-refractivity contribution in [2.24, 2.45) is 0 Å². The molecule has 92 valence electrons. The Hall–Kier alpha value is -1.43. The number of nitrogens with zero attached hydrogens (tertiary/aromatic N) is 2. The van der Waals surface area contributed by atoms with Crippen molar-refractivity contribution in [3.8, 4) is 0 Å². The van der Waals surface area contributed by atoms with E-state index in [2.05, 4.69) is 4.98 Å². The SMILES string of the molecule is Cl.O=c1c2ccccc2ncn1CC(O)CO. The topological polar surface area (TPSA) is 75.4 Å². The van der Waals surface area contributed by atoms with Gasteiger partial charge in [0.15, 0.2) is 0 Å². The summed E-state index contributed by atoms with van der Waals surface area (Å²) >= 11 is 0. The molecule has 0 aliphatic heterocycles. The maximum absolute atomic E-state index is 11.9. The van der Waals surface area contributed by atoms with Gasteiger partial charge in [-0.05, 0) is 12.1 Å². The summed E-state index contributed by atoms with van der Waals surface area (Å²) < 4.78 is 1.29. The summed E-state index contributed by atoms with van der Waals surface area (Å²) in [6, 6.07) is 7.01. The van der Waals surface area contributed by atoms with Gasteiger partial charge in [-0.3, -0.25) is 9.36 Å². The van der Waals surface area contributed by atoms with E-state index in [1.54, 1.807) is 18.2 Å². The smallest absolute Gasteiger partial charge is 0.261 e. The van der Waals surface area contributed by atoms with E-state index in [9.17, 15) is 9.90 Å². The Morgan fingerprint density at radius 3 is 2.76 bits per heavy atom. The lowest BCUT2D eigenvalue weighted by atomic mass is 10.2. The Kier molecular flexibility index (Phi) is 4.62. The van der Waals surface area contributed by atoms with Gasteiger partial charge in [-0.15, -0.1) is 12.4 Å². The van der Waals surface area contributed by atoms with Crippen molar-refractivity contribution in [3.05, 3.63) is 40.9 Å². The van der Waals surface area contributed by atoms with Crippen LogP contribution in [0, 0.1) is 0 Å². The van der Waals surface area contributed by atoms with Gasteiger partial charge in [0.2, 0.25) is 0 Å². The number of para-hydroxylation sites is 1. The Morgan fingerprint density at radius 2 is 2.06 bits per heavy atom. The van der Waals surface area contributed by atoms with Crippen molar-refractivity contribution in [2.45, 2.75) is 12.6 Å². The van der Waals surface area contributed by atoms with E-state index in [0.29, 0.717) is 10.9 Å². The van der Waals surface area contributed by atoms with Crippen LogP contribution in [0.4, 0.5) is 0 Å². The molecule has 0 amide bonds. The van der Waals surface area contributed by atoms with Crippen LogP contribution in [0.25, 0.3) is 10.9 Å². The summed E-state index contributed by atoms with van der Waals surface area (Å²) in [5.74, 6) is 0. The fraction of sp³-hybridized carbons (Fsp3) is 0.273. The van der Waals surface area contributed by atoms with Gasteiger partial charge in [-0.2, -0.15) is 0 Å². The van der Waals surface area contributed by atoms with E-state index in [4.69, 9.17) is 5.11 Å². The normalized spacial score (nSPS) is 12.1. The highest BCUT2D eigenvalue weighted by atomic mass is 35.5. The molecule has 2 aromatic rings. The maximum atomic E-state index is 11.9. The van der Waals surface area contributed by atoms with Crippen molar-refractivity contribution in [1.82, 2.24) is 9.55 Å². The number of benzene rings is 1. The number of rotatable bonds is 3. The number of aliphatic hydroxyl groups excluding tert-OH is 2. The van der Waals surface area contributed by atoms with Gasteiger partial charge in [0.1, 0.15) is 0 Å². The van der Waals surface area contributed by atoms with Gasteiger partial charge in [0, 0.05) is 0 Å². The van der Waals surface area contributed by atoms with Crippen LogP contribution in [0.2, 0.25) is 0 Å². The van der Waals surface area contributed by atoms with Gasteiger partial charge in [0.25, 0.3) is 5.56 Å². The molecule has 0 aliphatic rings. The fourth-order valence-electron chi connectivity index (χ4n) is 1.52. The first-order valence-electron chi connectivity index (χ1n) is 4.95. The van der Waals surface area contributed by atoms with Crippen molar-refractivity contribution in [3.63, 3.8) is 0 Å². The number of hydrogen-bond donors (Lipinski definition) is 2. The molecule has 2 rings (SSSR count). The summed E-state index contributed by atoms with van der Waals surface area (Å²) in [5.41, 5.74) is 0.417. The summed E-state index contributed by atoms with van der Waals surface area (Å²) in [5, 5.41) is 18.5. The van der Waals surface area contributed by atoms with Crippen molar-refractivity contribution in [1.29, 1.82) is 0 Å². The minimum Gasteiger partial charge on any atom is -0.394 e. The number of aromatic nitrogens is 2. The molecule has 0 saturated carbocycles. The molecule has 2 N–H and O–H groups in total. The Bertz CT molecular complexity index is 556. The Morgan fingerprint density at radius 1 is 1.35 bits per heavy atom. The molecule has 1 heterocycles. The number of hydrogen-bond acceptors (Lipinski definition) is 4. The van der Waals surface area contributed by atoms with Crippen molar-refractivity contribution >= 4 is 23.3 Å². The average molecular weight is 257 g/mol. The quantitative estimate of drug-likeness (QED) is 0.821. The van der Waals surface area contributed by atoms with Gasteiger partial charge in [-0.25, -0.2) is 4.98 Å². The molecule has 0 spiro atoms. The predicted molar refractivity (Wildman–Crippen MR) is 66.3 cm³/mol. The first-order valence-corrected chi connectivity index (χ1v) is 4.95. The Balaban J connectivity index is 0.00000144. The standard InChI is InChI=1S/C11H12N2O3.ClH/c14-6-8(15)5-13-7-12-10-4-2-1-3-9(10)11(13)16;/h1-4,7-8,14-15H,5-6H2;1H. The zero-order chi connectivity index (χ0) is 11.5. The monoisotopic (exact) mass is 256 g/mol. The van der Waals surface area contributed by atoms with Gasteiger partial charge < -0.3 is 10.2 Å². The largest absolute Gasteiger partial charge is 0.394 e. The molecule has 17 heavy (non-hydrogen) atoms. The molecule has 0 bridgehead atoms. The minimum atomic E-state index is -0.944. The maximum Gasteiger partial charge on any atom is 0.261 e. The highest BCUT2D eigenvalue weighted by Crippen LogP contribution is 2.04. The van der Waals surface area contributed by atoms with Crippen LogP contribution in [-0.4, -0.2) is 32.5 Å². The summed E-state index contributed by atoms with van der Waals surface area (Å²) in [6.45, 7) is -0.327. The van der Waals surface area contributed by atoms with Crippen LogP contribution in [0.3, 0.4) is 0 Å². The number of halogens is 1. The van der Waals surface area contributed by atoms with E-state index in [1.165, 1.54) is 10.9 Å². The molecule has 6 heteroatoms. The molecule has 0 aliphatic carbocycles. The molecular formula is C11H13ClN2O3. The van der Waals surface area contributed by atoms with Crippen LogP contribution in [0.15, 0.2) is 35.4 Å². The van der Waals surface area contributed by atoms with Crippen LogP contribution >= 0.6 is 12.4 Å². The molecule has 1 atom stereocenters. The van der Waals surface area contributed by atoms with E-state index >= 15 is 0 Å². The summed E-state index contributed by atoms with van der Waals surface area (Å²) in [4.78, 5) is 16.0. The second-order valence-corrected chi connectivity index (χ2v) is 3.56. The average Bonchev–Trinajstić information content (AvgIpc) is 2.33. The van der Waals surface area contributed by atoms with Crippen molar-refractivity contribution < 1.29 is 10.2 Å². The lowest BCUT2D eigenvalue weighted by molar-refractivity contribution is 0.0803. The van der Waals surface area contributed by atoms with E-state index in [1.807, 2.05) is 6.07 Å². The van der Waals surface area contributed by atoms with Crippen LogP contribution in [0.1, 0.15) is 0 Å². The number of aliphatic hydroxyl groups is 2. The lowest BCUT2D eigenvalue weighted by Gasteiger charge is -2.09. The second kappa shape index (κ2) is 5.77. The molecular weight excluding hydrogens is 244 g/mol. The van der Waals surface area contributed by atoms with E-state index in [0.717, 1.165) is 0 Å². The highest BCUT2D eigenvalue weighted by molar-refractivity contribution is 5.85. The third-order valence-corrected chi connectivity index (χ3v) is 2.35. The molecule has 1 aromatic heterocycles.